The van der Waals surface area contributed by atoms with Crippen LogP contribution in [0.1, 0.15) is 33.6 Å². The highest BCUT2D eigenvalue weighted by Gasteiger charge is 2.36. The van der Waals surface area contributed by atoms with Gasteiger partial charge in [-0.2, -0.15) is 0 Å². The van der Waals surface area contributed by atoms with Gasteiger partial charge in [-0.3, -0.25) is 9.69 Å². The molecule has 0 aliphatic carbocycles. The Bertz CT molecular complexity index is 566. The summed E-state index contributed by atoms with van der Waals surface area (Å²) in [6, 6.07) is 5.77. The maximum Gasteiger partial charge on any atom is 0.410 e. The molecule has 0 unspecified atom stereocenters. The summed E-state index contributed by atoms with van der Waals surface area (Å²) in [7, 11) is 0. The van der Waals surface area contributed by atoms with Gasteiger partial charge in [0.2, 0.25) is 5.91 Å². The van der Waals surface area contributed by atoms with Gasteiger partial charge in [-0.15, -0.1) is 0 Å². The van der Waals surface area contributed by atoms with E-state index in [0.29, 0.717) is 18.7 Å². The van der Waals surface area contributed by atoms with Crippen molar-refractivity contribution < 1.29 is 19.4 Å². The molecular weight excluding hydrogens is 284 g/mol. The van der Waals surface area contributed by atoms with E-state index in [1.807, 2.05) is 0 Å². The smallest absolute Gasteiger partial charge is 0.410 e. The number of phenols is 1. The van der Waals surface area contributed by atoms with Gasteiger partial charge < -0.3 is 15.2 Å². The largest absolute Gasteiger partial charge is 0.508 e. The molecule has 1 saturated heterocycles. The van der Waals surface area contributed by atoms with Crippen LogP contribution < -0.4 is 5.32 Å². The second kappa shape index (κ2) is 6.25. The number of likely N-dealkylation sites (tertiary alicyclic amines) is 1. The van der Waals surface area contributed by atoms with Crippen LogP contribution in [0.25, 0.3) is 0 Å². The fourth-order valence-electron chi connectivity index (χ4n) is 2.39. The minimum Gasteiger partial charge on any atom is -0.508 e. The minimum atomic E-state index is -0.591. The Morgan fingerprint density at radius 3 is 2.73 bits per heavy atom. The highest BCUT2D eigenvalue weighted by atomic mass is 16.6. The lowest BCUT2D eigenvalue weighted by atomic mass is 10.2. The van der Waals surface area contributed by atoms with Crippen molar-refractivity contribution in [2.45, 2.75) is 45.3 Å². The first-order chi connectivity index (χ1) is 10.3. The van der Waals surface area contributed by atoms with E-state index in [9.17, 15) is 14.7 Å². The standard InChI is InChI=1S/C16H22N2O4/c1-16(2,3)22-15(21)18-9-5-8-13(18)14(20)17-11-6-4-7-12(19)10-11/h4,6-7,10,13,19H,5,8-9H2,1-3H3,(H,17,20)/t13-/m0/s1. The summed E-state index contributed by atoms with van der Waals surface area (Å²) >= 11 is 0. The lowest BCUT2D eigenvalue weighted by Crippen LogP contribution is -2.45. The molecule has 2 amide bonds. The first-order valence-electron chi connectivity index (χ1n) is 7.36. The number of ether oxygens (including phenoxy) is 1. The first kappa shape index (κ1) is 16.1. The molecule has 1 aliphatic heterocycles. The van der Waals surface area contributed by atoms with Gasteiger partial charge in [0.25, 0.3) is 0 Å². The number of rotatable bonds is 2. The number of aromatic hydroxyl groups is 1. The molecule has 0 spiro atoms. The molecule has 0 saturated carbocycles. The summed E-state index contributed by atoms with van der Waals surface area (Å²) in [5.74, 6) is -0.192. The maximum atomic E-state index is 12.4. The van der Waals surface area contributed by atoms with Crippen LogP contribution in [0.3, 0.4) is 0 Å². The second-order valence-electron chi connectivity index (χ2n) is 6.37. The molecule has 0 bridgehead atoms. The SMILES string of the molecule is CC(C)(C)OC(=O)N1CCC[C@H]1C(=O)Nc1cccc(O)c1. The number of phenolic OH excluding ortho intramolecular Hbond substituents is 1. The zero-order chi connectivity index (χ0) is 16.3. The maximum absolute atomic E-state index is 12.4. The second-order valence-corrected chi connectivity index (χ2v) is 6.37. The molecule has 2 N–H and O–H groups in total. The van der Waals surface area contributed by atoms with Crippen molar-refractivity contribution >= 4 is 17.7 Å². The van der Waals surface area contributed by atoms with Gasteiger partial charge in [-0.25, -0.2) is 4.79 Å². The van der Waals surface area contributed by atoms with E-state index in [4.69, 9.17) is 4.74 Å². The molecule has 22 heavy (non-hydrogen) atoms. The van der Waals surface area contributed by atoms with E-state index < -0.39 is 17.7 Å². The van der Waals surface area contributed by atoms with Gasteiger partial charge in [0.05, 0.1) is 0 Å². The fraction of sp³-hybridized carbons (Fsp3) is 0.500. The molecule has 6 nitrogen and oxygen atoms in total. The van der Waals surface area contributed by atoms with Crippen molar-refractivity contribution in [2.24, 2.45) is 0 Å². The van der Waals surface area contributed by atoms with Crippen molar-refractivity contribution in [3.63, 3.8) is 0 Å². The number of nitrogens with zero attached hydrogens (tertiary/aromatic N) is 1. The van der Waals surface area contributed by atoms with Crippen LogP contribution >= 0.6 is 0 Å². The average Bonchev–Trinajstić information content (AvgIpc) is 2.85. The predicted octanol–water partition coefficient (Wildman–Crippen LogP) is 2.73. The van der Waals surface area contributed by atoms with Gasteiger partial charge in [0, 0.05) is 18.3 Å². The van der Waals surface area contributed by atoms with E-state index in [1.165, 1.54) is 17.0 Å². The first-order valence-corrected chi connectivity index (χ1v) is 7.36. The fourth-order valence-corrected chi connectivity index (χ4v) is 2.39. The Morgan fingerprint density at radius 2 is 2.09 bits per heavy atom. The van der Waals surface area contributed by atoms with E-state index in [0.717, 1.165) is 6.42 Å². The van der Waals surface area contributed by atoms with Crippen molar-refractivity contribution in [1.82, 2.24) is 4.90 Å². The predicted molar refractivity (Wildman–Crippen MR) is 82.7 cm³/mol. The van der Waals surface area contributed by atoms with Crippen LogP contribution in [0.4, 0.5) is 10.5 Å². The van der Waals surface area contributed by atoms with Gasteiger partial charge in [-0.1, -0.05) is 6.07 Å². The lowest BCUT2D eigenvalue weighted by Gasteiger charge is -2.28. The molecular formula is C16H22N2O4. The number of benzene rings is 1. The quantitative estimate of drug-likeness (QED) is 0.880. The molecule has 1 aliphatic rings. The zero-order valence-corrected chi connectivity index (χ0v) is 13.1. The van der Waals surface area contributed by atoms with Gasteiger partial charge >= 0.3 is 6.09 Å². The average molecular weight is 306 g/mol. The zero-order valence-electron chi connectivity index (χ0n) is 13.1. The molecule has 6 heteroatoms. The van der Waals surface area contributed by atoms with Crippen LogP contribution in [0.15, 0.2) is 24.3 Å². The Morgan fingerprint density at radius 1 is 1.36 bits per heavy atom. The minimum absolute atomic E-state index is 0.0771. The van der Waals surface area contributed by atoms with E-state index in [-0.39, 0.29) is 11.7 Å². The summed E-state index contributed by atoms with van der Waals surface area (Å²) < 4.78 is 5.34. The number of carbonyl (C=O) groups excluding carboxylic acids is 2. The van der Waals surface area contributed by atoms with Crippen LogP contribution in [0, 0.1) is 0 Å². The summed E-state index contributed by atoms with van der Waals surface area (Å²) in [5, 5.41) is 12.1. The molecule has 1 fully saturated rings. The van der Waals surface area contributed by atoms with Crippen LogP contribution in [0.5, 0.6) is 5.75 Å². The normalized spacial score (nSPS) is 18.1. The van der Waals surface area contributed by atoms with Crippen molar-refractivity contribution in [3.05, 3.63) is 24.3 Å². The number of hydrogen-bond acceptors (Lipinski definition) is 4. The molecule has 1 heterocycles. The summed E-state index contributed by atoms with van der Waals surface area (Å²) in [6.45, 7) is 5.89. The van der Waals surface area contributed by atoms with Crippen molar-refractivity contribution in [2.75, 3.05) is 11.9 Å². The monoisotopic (exact) mass is 306 g/mol. The number of carbonyl (C=O) groups is 2. The van der Waals surface area contributed by atoms with Gasteiger partial charge in [0.15, 0.2) is 0 Å². The Kier molecular flexibility index (Phi) is 4.59. The molecule has 2 rings (SSSR count). The third-order valence-electron chi connectivity index (χ3n) is 3.30. The van der Waals surface area contributed by atoms with E-state index >= 15 is 0 Å². The Labute approximate surface area is 130 Å². The number of nitrogens with one attached hydrogen (secondary N) is 1. The van der Waals surface area contributed by atoms with Gasteiger partial charge in [-0.05, 0) is 45.7 Å². The van der Waals surface area contributed by atoms with Crippen LogP contribution in [0.2, 0.25) is 0 Å². The number of amides is 2. The molecule has 0 radical (unpaired) electrons. The summed E-state index contributed by atoms with van der Waals surface area (Å²) in [5.41, 5.74) is -0.0904. The van der Waals surface area contributed by atoms with Crippen molar-refractivity contribution in [1.29, 1.82) is 0 Å². The summed E-state index contributed by atoms with van der Waals surface area (Å²) in [6.07, 6.45) is 0.891. The van der Waals surface area contributed by atoms with Gasteiger partial charge in [0.1, 0.15) is 17.4 Å². The van der Waals surface area contributed by atoms with E-state index in [2.05, 4.69) is 5.32 Å². The molecule has 1 atom stereocenters. The summed E-state index contributed by atoms with van der Waals surface area (Å²) in [4.78, 5) is 26.0. The number of anilines is 1. The Balaban J connectivity index is 2.03. The topological polar surface area (TPSA) is 78.9 Å². The Hall–Kier alpha value is -2.24. The highest BCUT2D eigenvalue weighted by molar-refractivity contribution is 5.97. The molecule has 0 aromatic heterocycles. The third kappa shape index (κ3) is 4.13. The van der Waals surface area contributed by atoms with Crippen molar-refractivity contribution in [3.8, 4) is 5.75 Å². The van der Waals surface area contributed by atoms with Crippen LogP contribution in [-0.4, -0.2) is 40.2 Å². The number of hydrogen-bond donors (Lipinski definition) is 2. The van der Waals surface area contributed by atoms with Crippen LogP contribution in [-0.2, 0) is 9.53 Å². The third-order valence-corrected chi connectivity index (χ3v) is 3.30. The highest BCUT2D eigenvalue weighted by Crippen LogP contribution is 2.23. The molecule has 120 valence electrons. The lowest BCUT2D eigenvalue weighted by molar-refractivity contribution is -0.120. The van der Waals surface area contributed by atoms with E-state index in [1.54, 1.807) is 32.9 Å². The molecule has 1 aromatic rings. The molecule has 1 aromatic carbocycles.